The maximum Gasteiger partial charge on any atom is 0.408 e. The first kappa shape index (κ1) is 31.0. The van der Waals surface area contributed by atoms with Crippen molar-refractivity contribution >= 4 is 29.8 Å². The van der Waals surface area contributed by atoms with Crippen molar-refractivity contribution in [1.82, 2.24) is 10.6 Å². The molecule has 1 aliphatic rings. The second-order valence-corrected chi connectivity index (χ2v) is 12.3. The van der Waals surface area contributed by atoms with Gasteiger partial charge in [0.2, 0.25) is 0 Å². The Morgan fingerprint density at radius 1 is 1.02 bits per heavy atom. The molecule has 2 aromatic carbocycles. The van der Waals surface area contributed by atoms with Gasteiger partial charge in [-0.15, -0.1) is 6.58 Å². The summed E-state index contributed by atoms with van der Waals surface area (Å²) in [5.41, 5.74) is -0.363. The fourth-order valence-electron chi connectivity index (χ4n) is 4.71. The molecule has 1 aliphatic carbocycles. The van der Waals surface area contributed by atoms with Crippen LogP contribution >= 0.6 is 11.6 Å². The molecule has 216 valence electrons. The first-order valence-electron chi connectivity index (χ1n) is 13.3. The second-order valence-electron chi connectivity index (χ2n) is 11.9. The highest BCUT2D eigenvalue weighted by Crippen LogP contribution is 2.46. The molecule has 0 unspecified atom stereocenters. The van der Waals surface area contributed by atoms with Crippen LogP contribution in [0.15, 0.2) is 55.1 Å². The molecular formula is C31H39ClN2O6. The zero-order chi connectivity index (χ0) is 29.7. The van der Waals surface area contributed by atoms with Crippen LogP contribution in [0.3, 0.4) is 0 Å². The van der Waals surface area contributed by atoms with Gasteiger partial charge in [0, 0.05) is 17.5 Å². The van der Waals surface area contributed by atoms with Crippen molar-refractivity contribution < 1.29 is 28.6 Å². The Labute approximate surface area is 241 Å². The Morgan fingerprint density at radius 2 is 1.65 bits per heavy atom. The number of fused-ring (bicyclic) bond motifs is 1. The smallest absolute Gasteiger partial charge is 0.408 e. The molecule has 40 heavy (non-hydrogen) atoms. The zero-order valence-electron chi connectivity index (χ0n) is 24.1. The summed E-state index contributed by atoms with van der Waals surface area (Å²) in [5.74, 6) is -1.04. The molecule has 0 saturated heterocycles. The molecule has 2 aromatic rings. The number of ether oxygens (including phenoxy) is 3. The summed E-state index contributed by atoms with van der Waals surface area (Å²) in [6.45, 7) is 14.5. The highest BCUT2D eigenvalue weighted by Gasteiger charge is 2.55. The molecule has 0 fully saturated rings. The average Bonchev–Trinajstić information content (AvgIpc) is 3.12. The summed E-state index contributed by atoms with van der Waals surface area (Å²) in [7, 11) is 0. The van der Waals surface area contributed by atoms with Crippen molar-refractivity contribution in [2.24, 2.45) is 5.92 Å². The Morgan fingerprint density at radius 3 is 2.25 bits per heavy atom. The number of nitrogens with one attached hydrogen (secondary N) is 2. The number of carbonyl (C=O) groups is 3. The van der Waals surface area contributed by atoms with E-state index in [1.165, 1.54) is 0 Å². The molecule has 0 heterocycles. The van der Waals surface area contributed by atoms with E-state index >= 15 is 0 Å². The fourth-order valence-corrected chi connectivity index (χ4v) is 4.96. The molecule has 0 spiro atoms. The molecule has 0 radical (unpaired) electrons. The van der Waals surface area contributed by atoms with Crippen LogP contribution in [-0.2, 0) is 44.1 Å². The number of carbonyl (C=O) groups excluding carboxylic acids is 3. The lowest BCUT2D eigenvalue weighted by Crippen LogP contribution is -2.56. The number of allylic oxidation sites excluding steroid dienone is 1. The summed E-state index contributed by atoms with van der Waals surface area (Å²) < 4.78 is 16.8. The Balaban J connectivity index is 2.04. The van der Waals surface area contributed by atoms with Crippen LogP contribution in [0.1, 0.15) is 70.2 Å². The minimum atomic E-state index is -1.58. The third-order valence-corrected chi connectivity index (χ3v) is 6.63. The van der Waals surface area contributed by atoms with Crippen LogP contribution in [0.2, 0.25) is 5.02 Å². The molecule has 0 saturated carbocycles. The van der Waals surface area contributed by atoms with Gasteiger partial charge >= 0.3 is 18.2 Å². The molecule has 3 rings (SSSR count). The number of esters is 1. The van der Waals surface area contributed by atoms with Gasteiger partial charge < -0.3 is 24.8 Å². The van der Waals surface area contributed by atoms with E-state index in [4.69, 9.17) is 25.8 Å². The third-order valence-electron chi connectivity index (χ3n) is 6.28. The third kappa shape index (κ3) is 7.78. The van der Waals surface area contributed by atoms with Crippen molar-refractivity contribution in [2.75, 3.05) is 0 Å². The quantitative estimate of drug-likeness (QED) is 0.211. The van der Waals surface area contributed by atoms with Crippen molar-refractivity contribution in [2.45, 2.75) is 84.3 Å². The molecule has 2 N–H and O–H groups in total. The highest BCUT2D eigenvalue weighted by atomic mass is 35.5. The van der Waals surface area contributed by atoms with Gasteiger partial charge in [-0.3, -0.25) is 0 Å². The van der Waals surface area contributed by atoms with Crippen molar-refractivity contribution in [1.29, 1.82) is 0 Å². The van der Waals surface area contributed by atoms with E-state index in [2.05, 4.69) is 17.2 Å². The van der Waals surface area contributed by atoms with Gasteiger partial charge in [0.25, 0.3) is 0 Å². The van der Waals surface area contributed by atoms with E-state index < -0.39 is 40.8 Å². The Bertz CT molecular complexity index is 1250. The minimum absolute atomic E-state index is 0.0220. The number of rotatable bonds is 8. The number of halogens is 1. The van der Waals surface area contributed by atoms with E-state index in [9.17, 15) is 14.4 Å². The molecule has 0 aliphatic heterocycles. The maximum atomic E-state index is 14.1. The van der Waals surface area contributed by atoms with Crippen LogP contribution < -0.4 is 10.6 Å². The van der Waals surface area contributed by atoms with Crippen molar-refractivity contribution in [3.8, 4) is 0 Å². The van der Waals surface area contributed by atoms with E-state index in [-0.39, 0.29) is 13.2 Å². The van der Waals surface area contributed by atoms with E-state index in [0.29, 0.717) is 29.0 Å². The van der Waals surface area contributed by atoms with Crippen LogP contribution in [0.5, 0.6) is 0 Å². The molecule has 8 nitrogen and oxygen atoms in total. The van der Waals surface area contributed by atoms with Crippen LogP contribution in [0, 0.1) is 5.92 Å². The number of alkyl carbamates (subject to hydrolysis) is 2. The monoisotopic (exact) mass is 570 g/mol. The summed E-state index contributed by atoms with van der Waals surface area (Å²) in [6, 6.07) is 12.8. The first-order valence-corrected chi connectivity index (χ1v) is 13.6. The molecule has 9 heteroatoms. The molecule has 0 aromatic heterocycles. The van der Waals surface area contributed by atoms with Crippen LogP contribution in [-0.4, -0.2) is 29.4 Å². The van der Waals surface area contributed by atoms with Crippen molar-refractivity contribution in [3.05, 3.63) is 82.4 Å². The zero-order valence-corrected chi connectivity index (χ0v) is 24.8. The summed E-state index contributed by atoms with van der Waals surface area (Å²) in [4.78, 5) is 39.6. The van der Waals surface area contributed by atoms with E-state index in [0.717, 1.165) is 11.1 Å². The summed E-state index contributed by atoms with van der Waals surface area (Å²) in [5, 5.41) is 6.00. The molecular weight excluding hydrogens is 532 g/mol. The van der Waals surface area contributed by atoms with Crippen LogP contribution in [0.25, 0.3) is 0 Å². The van der Waals surface area contributed by atoms with Gasteiger partial charge in [0.15, 0.2) is 5.54 Å². The number of hydrogen-bond acceptors (Lipinski definition) is 6. The van der Waals surface area contributed by atoms with Gasteiger partial charge in [0.05, 0.1) is 0 Å². The standard InChI is InChI=1S/C31H39ClN2O6/c1-8-12-23-15-21-17-25(32)22(18-33-27(36)39-29(2,3)4)16-24(21)31(23,34-28(37)40-30(5,6)7)26(35)38-19-20-13-10-9-11-14-20/h8-11,13-14,16-17,23H,1,12,15,18-19H2,2-7H3,(H,33,36)(H,34,37)/t23-,31+/m0/s1. The summed E-state index contributed by atoms with van der Waals surface area (Å²) >= 11 is 6.62. The van der Waals surface area contributed by atoms with Crippen LogP contribution in [0.4, 0.5) is 9.59 Å². The molecule has 0 bridgehead atoms. The number of benzene rings is 2. The number of amides is 2. The largest absolute Gasteiger partial charge is 0.459 e. The van der Waals surface area contributed by atoms with E-state index in [1.807, 2.05) is 30.3 Å². The van der Waals surface area contributed by atoms with Gasteiger partial charge in [-0.2, -0.15) is 0 Å². The SMILES string of the molecule is C=CC[C@H]1Cc2cc(Cl)c(CNC(=O)OC(C)(C)C)cc2[C@@]1(NC(=O)OC(C)(C)C)C(=O)OCc1ccccc1. The van der Waals surface area contributed by atoms with Crippen molar-refractivity contribution in [3.63, 3.8) is 0 Å². The molecule has 2 amide bonds. The predicted molar refractivity (Wildman–Crippen MR) is 154 cm³/mol. The first-order chi connectivity index (χ1) is 18.6. The lowest BCUT2D eigenvalue weighted by Gasteiger charge is -2.35. The average molecular weight is 571 g/mol. The van der Waals surface area contributed by atoms with Gasteiger partial charge in [-0.05, 0) is 88.8 Å². The lowest BCUT2D eigenvalue weighted by molar-refractivity contribution is -0.156. The Hall–Kier alpha value is -3.52. The second kappa shape index (κ2) is 12.3. The molecule has 2 atom stereocenters. The summed E-state index contributed by atoms with van der Waals surface area (Å²) in [6.07, 6.45) is 1.20. The van der Waals surface area contributed by atoms with E-state index in [1.54, 1.807) is 59.8 Å². The Kier molecular flexibility index (Phi) is 9.56. The minimum Gasteiger partial charge on any atom is -0.459 e. The normalized spacial score (nSPS) is 18.3. The highest BCUT2D eigenvalue weighted by molar-refractivity contribution is 6.31. The van der Waals surface area contributed by atoms with Gasteiger partial charge in [-0.1, -0.05) is 48.0 Å². The lowest BCUT2D eigenvalue weighted by atomic mass is 9.81. The fraction of sp³-hybridized carbons (Fsp3) is 0.452. The topological polar surface area (TPSA) is 103 Å². The predicted octanol–water partition coefficient (Wildman–Crippen LogP) is 6.58. The van der Waals surface area contributed by atoms with Gasteiger partial charge in [-0.25, -0.2) is 14.4 Å². The van der Waals surface area contributed by atoms with Gasteiger partial charge in [0.1, 0.15) is 17.8 Å². The maximum absolute atomic E-state index is 14.1. The number of hydrogen-bond donors (Lipinski definition) is 2.